The number of hydrogen-bond donors (Lipinski definition) is 2. The molecule has 102 valence electrons. The first kappa shape index (κ1) is 15.0. The van der Waals surface area contributed by atoms with Gasteiger partial charge >= 0.3 is 0 Å². The highest BCUT2D eigenvalue weighted by Crippen LogP contribution is 2.18. The van der Waals surface area contributed by atoms with Gasteiger partial charge in [-0.25, -0.2) is 0 Å². The van der Waals surface area contributed by atoms with Crippen molar-refractivity contribution in [2.75, 3.05) is 6.54 Å². The Labute approximate surface area is 110 Å². The zero-order chi connectivity index (χ0) is 13.8. The van der Waals surface area contributed by atoms with Crippen molar-refractivity contribution in [2.45, 2.75) is 52.4 Å². The van der Waals surface area contributed by atoms with Crippen LogP contribution in [0.3, 0.4) is 0 Å². The fourth-order valence-electron chi connectivity index (χ4n) is 1.63. The molecule has 1 aromatic carbocycles. The molecule has 0 radical (unpaired) electrons. The largest absolute Gasteiger partial charge is 0.491 e. The van der Waals surface area contributed by atoms with E-state index in [4.69, 9.17) is 4.74 Å². The van der Waals surface area contributed by atoms with E-state index in [9.17, 15) is 5.11 Å². The van der Waals surface area contributed by atoms with Crippen molar-refractivity contribution in [3.05, 3.63) is 29.8 Å². The van der Waals surface area contributed by atoms with Crippen molar-refractivity contribution < 1.29 is 9.84 Å². The van der Waals surface area contributed by atoms with E-state index in [-0.39, 0.29) is 12.1 Å². The van der Waals surface area contributed by atoms with E-state index in [1.165, 1.54) is 5.56 Å². The Hall–Kier alpha value is -1.06. The quantitative estimate of drug-likeness (QED) is 0.817. The molecule has 0 heterocycles. The third-order valence-corrected chi connectivity index (χ3v) is 2.59. The Morgan fingerprint density at radius 2 is 1.72 bits per heavy atom. The van der Waals surface area contributed by atoms with Crippen LogP contribution < -0.4 is 10.1 Å². The van der Waals surface area contributed by atoms with Crippen molar-refractivity contribution in [2.24, 2.45) is 0 Å². The lowest BCUT2D eigenvalue weighted by molar-refractivity contribution is 0.0770. The third-order valence-electron chi connectivity index (χ3n) is 2.59. The van der Waals surface area contributed by atoms with Crippen LogP contribution in [0.5, 0.6) is 5.75 Å². The molecule has 0 aliphatic carbocycles. The van der Waals surface area contributed by atoms with Gasteiger partial charge in [0.25, 0.3) is 0 Å². The summed E-state index contributed by atoms with van der Waals surface area (Å²) in [4.78, 5) is 0. The van der Waals surface area contributed by atoms with Crippen molar-refractivity contribution in [3.8, 4) is 5.75 Å². The number of ether oxygens (including phenoxy) is 1. The molecule has 0 fully saturated rings. The first-order chi connectivity index (χ1) is 8.28. The first-order valence-electron chi connectivity index (χ1n) is 6.50. The first-order valence-corrected chi connectivity index (χ1v) is 6.50. The summed E-state index contributed by atoms with van der Waals surface area (Å²) in [6.45, 7) is 10.3. The summed E-state index contributed by atoms with van der Waals surface area (Å²) in [5, 5.41) is 13.0. The Morgan fingerprint density at radius 3 is 2.17 bits per heavy atom. The van der Waals surface area contributed by atoms with Gasteiger partial charge in [0, 0.05) is 12.6 Å². The fourth-order valence-corrected chi connectivity index (χ4v) is 1.63. The average molecular weight is 251 g/mol. The molecule has 2 N–H and O–H groups in total. The third kappa shape index (κ3) is 5.52. The fraction of sp³-hybridized carbons (Fsp3) is 0.600. The smallest absolute Gasteiger partial charge is 0.119 e. The van der Waals surface area contributed by atoms with Gasteiger partial charge in [-0.05, 0) is 52.3 Å². The second-order valence-corrected chi connectivity index (χ2v) is 5.65. The molecule has 18 heavy (non-hydrogen) atoms. The molecular formula is C15H25NO2. The predicted molar refractivity (Wildman–Crippen MR) is 74.9 cm³/mol. The van der Waals surface area contributed by atoms with E-state index in [0.717, 1.165) is 5.75 Å². The van der Waals surface area contributed by atoms with E-state index >= 15 is 0 Å². The van der Waals surface area contributed by atoms with Crippen molar-refractivity contribution >= 4 is 0 Å². The van der Waals surface area contributed by atoms with Crippen molar-refractivity contribution in [1.29, 1.82) is 0 Å². The summed E-state index contributed by atoms with van der Waals surface area (Å²) in [7, 11) is 0. The highest BCUT2D eigenvalue weighted by molar-refractivity contribution is 5.29. The number of rotatable bonds is 6. The number of aliphatic hydroxyl groups is 1. The van der Waals surface area contributed by atoms with E-state index in [2.05, 4.69) is 24.4 Å². The Bertz CT molecular complexity index is 352. The summed E-state index contributed by atoms with van der Waals surface area (Å²) in [6, 6.07) is 8.29. The van der Waals surface area contributed by atoms with Crippen LogP contribution in [0, 0.1) is 0 Å². The summed E-state index contributed by atoms with van der Waals surface area (Å²) >= 11 is 0. The molecule has 1 atom stereocenters. The molecule has 0 aliphatic rings. The number of hydrogen-bond acceptors (Lipinski definition) is 3. The van der Waals surface area contributed by atoms with Crippen LogP contribution in [0.2, 0.25) is 0 Å². The SMILES string of the molecule is CC(C)Oc1ccc(C(C)NCC(C)(C)O)cc1. The number of benzene rings is 1. The van der Waals surface area contributed by atoms with Crippen molar-refractivity contribution in [3.63, 3.8) is 0 Å². The van der Waals surface area contributed by atoms with Gasteiger partial charge in [0.15, 0.2) is 0 Å². The minimum absolute atomic E-state index is 0.196. The van der Waals surface area contributed by atoms with Crippen LogP contribution in [0.25, 0.3) is 0 Å². The molecule has 1 rings (SSSR count). The van der Waals surface area contributed by atoms with E-state index in [1.807, 2.05) is 26.0 Å². The monoisotopic (exact) mass is 251 g/mol. The molecule has 0 saturated heterocycles. The maximum Gasteiger partial charge on any atom is 0.119 e. The molecular weight excluding hydrogens is 226 g/mol. The maximum absolute atomic E-state index is 9.67. The van der Waals surface area contributed by atoms with Gasteiger partial charge < -0.3 is 15.2 Å². The molecule has 1 unspecified atom stereocenters. The van der Waals surface area contributed by atoms with Gasteiger partial charge in [-0.1, -0.05) is 12.1 Å². The number of nitrogens with one attached hydrogen (secondary N) is 1. The summed E-state index contributed by atoms with van der Waals surface area (Å²) in [5.74, 6) is 0.892. The van der Waals surface area contributed by atoms with Gasteiger partial charge in [0.1, 0.15) is 5.75 Å². The van der Waals surface area contributed by atoms with Gasteiger partial charge in [0.2, 0.25) is 0 Å². The van der Waals surface area contributed by atoms with Crippen LogP contribution in [0.4, 0.5) is 0 Å². The van der Waals surface area contributed by atoms with Gasteiger partial charge in [0.05, 0.1) is 11.7 Å². The Balaban J connectivity index is 2.56. The lowest BCUT2D eigenvalue weighted by Gasteiger charge is -2.22. The molecule has 0 aromatic heterocycles. The standard InChI is InChI=1S/C15H25NO2/c1-11(2)18-14-8-6-13(7-9-14)12(3)16-10-15(4,5)17/h6-9,11-12,16-17H,10H2,1-5H3. The maximum atomic E-state index is 9.67. The van der Waals surface area contributed by atoms with Gasteiger partial charge in [-0.15, -0.1) is 0 Å². The summed E-state index contributed by atoms with van der Waals surface area (Å²) in [6.07, 6.45) is 0.196. The van der Waals surface area contributed by atoms with Crippen LogP contribution in [0.1, 0.15) is 46.2 Å². The van der Waals surface area contributed by atoms with Gasteiger partial charge in [-0.2, -0.15) is 0 Å². The highest BCUT2D eigenvalue weighted by Gasteiger charge is 2.14. The van der Waals surface area contributed by atoms with Crippen molar-refractivity contribution in [1.82, 2.24) is 5.32 Å². The topological polar surface area (TPSA) is 41.5 Å². The molecule has 1 aromatic rings. The van der Waals surface area contributed by atoms with E-state index < -0.39 is 5.60 Å². The molecule has 0 amide bonds. The molecule has 3 nitrogen and oxygen atoms in total. The molecule has 0 bridgehead atoms. The minimum Gasteiger partial charge on any atom is -0.491 e. The van der Waals surface area contributed by atoms with Gasteiger partial charge in [-0.3, -0.25) is 0 Å². The zero-order valence-corrected chi connectivity index (χ0v) is 12.0. The van der Waals surface area contributed by atoms with E-state index in [1.54, 1.807) is 13.8 Å². The second-order valence-electron chi connectivity index (χ2n) is 5.65. The highest BCUT2D eigenvalue weighted by atomic mass is 16.5. The lowest BCUT2D eigenvalue weighted by Crippen LogP contribution is -2.36. The van der Waals surface area contributed by atoms with Crippen LogP contribution >= 0.6 is 0 Å². The Morgan fingerprint density at radius 1 is 1.17 bits per heavy atom. The predicted octanol–water partition coefficient (Wildman–Crippen LogP) is 2.90. The molecule has 3 heteroatoms. The molecule has 0 spiro atoms. The zero-order valence-electron chi connectivity index (χ0n) is 12.0. The van der Waals surface area contributed by atoms with Crippen LogP contribution in [-0.4, -0.2) is 23.4 Å². The average Bonchev–Trinajstić information content (AvgIpc) is 2.25. The van der Waals surface area contributed by atoms with Crippen LogP contribution in [-0.2, 0) is 0 Å². The summed E-state index contributed by atoms with van der Waals surface area (Å²) in [5.41, 5.74) is 0.505. The Kier molecular flexibility index (Phi) is 5.17. The second kappa shape index (κ2) is 6.21. The summed E-state index contributed by atoms with van der Waals surface area (Å²) < 4.78 is 5.60. The van der Waals surface area contributed by atoms with Crippen LogP contribution in [0.15, 0.2) is 24.3 Å². The normalized spacial score (nSPS) is 13.7. The molecule has 0 saturated carbocycles. The lowest BCUT2D eigenvalue weighted by atomic mass is 10.1. The molecule has 0 aliphatic heterocycles. The van der Waals surface area contributed by atoms with E-state index in [0.29, 0.717) is 6.54 Å². The minimum atomic E-state index is -0.686.